The monoisotopic (exact) mass is 296 g/mol. The zero-order valence-electron chi connectivity index (χ0n) is 10.8. The fourth-order valence-corrected chi connectivity index (χ4v) is 2.80. The van der Waals surface area contributed by atoms with Crippen LogP contribution in [0.5, 0.6) is 0 Å². The van der Waals surface area contributed by atoms with E-state index in [1.54, 1.807) is 0 Å². The van der Waals surface area contributed by atoms with E-state index in [1.165, 1.54) is 12.1 Å². The predicted octanol–water partition coefficient (Wildman–Crippen LogP) is 3.41. The highest BCUT2D eigenvalue weighted by Crippen LogP contribution is 2.53. The van der Waals surface area contributed by atoms with Crippen molar-refractivity contribution in [1.82, 2.24) is 10.3 Å². The van der Waals surface area contributed by atoms with Crippen LogP contribution in [0.15, 0.2) is 22.8 Å². The molecule has 0 spiro atoms. The quantitative estimate of drug-likeness (QED) is 0.901. The molecule has 1 fully saturated rings. The average molecular weight is 297 g/mol. The van der Waals surface area contributed by atoms with E-state index >= 15 is 0 Å². The summed E-state index contributed by atoms with van der Waals surface area (Å²) >= 11 is 3.42. The lowest BCUT2D eigenvalue weighted by Gasteiger charge is -2.19. The second kappa shape index (κ2) is 5.07. The molecular formula is C14H21BrN2. The molecule has 1 saturated carbocycles. The third-order valence-electron chi connectivity index (χ3n) is 3.76. The number of rotatable bonds is 5. The molecule has 2 unspecified atom stereocenters. The van der Waals surface area contributed by atoms with Gasteiger partial charge in [0.15, 0.2) is 0 Å². The van der Waals surface area contributed by atoms with Gasteiger partial charge in [0.2, 0.25) is 0 Å². The Morgan fingerprint density at radius 1 is 1.53 bits per heavy atom. The molecule has 0 saturated heterocycles. The average Bonchev–Trinajstić information content (AvgIpc) is 2.90. The Hall–Kier alpha value is -0.410. The van der Waals surface area contributed by atoms with E-state index in [0.29, 0.717) is 11.5 Å². The summed E-state index contributed by atoms with van der Waals surface area (Å²) in [5.41, 5.74) is 1.70. The summed E-state index contributed by atoms with van der Waals surface area (Å²) in [6.45, 7) is 7.93. The molecule has 0 aromatic carbocycles. The molecule has 0 bridgehead atoms. The van der Waals surface area contributed by atoms with Gasteiger partial charge in [-0.25, -0.2) is 0 Å². The van der Waals surface area contributed by atoms with Gasteiger partial charge in [-0.15, -0.1) is 0 Å². The number of pyridine rings is 1. The predicted molar refractivity (Wildman–Crippen MR) is 75.0 cm³/mol. The van der Waals surface area contributed by atoms with Crippen molar-refractivity contribution in [2.24, 2.45) is 11.3 Å². The van der Waals surface area contributed by atoms with E-state index in [2.05, 4.69) is 59.1 Å². The van der Waals surface area contributed by atoms with E-state index in [1.807, 2.05) is 6.20 Å². The van der Waals surface area contributed by atoms with Crippen LogP contribution in [0.2, 0.25) is 0 Å². The Morgan fingerprint density at radius 2 is 2.24 bits per heavy atom. The molecule has 1 aromatic heterocycles. The van der Waals surface area contributed by atoms with Gasteiger partial charge in [0.25, 0.3) is 0 Å². The van der Waals surface area contributed by atoms with Gasteiger partial charge in [-0.05, 0) is 52.4 Å². The number of hydrogen-bond acceptors (Lipinski definition) is 2. The summed E-state index contributed by atoms with van der Waals surface area (Å²) in [7, 11) is 0. The summed E-state index contributed by atoms with van der Waals surface area (Å²) in [6.07, 6.45) is 4.26. The number of hydrogen-bond donors (Lipinski definition) is 1. The van der Waals surface area contributed by atoms with Crippen molar-refractivity contribution < 1.29 is 0 Å². The maximum Gasteiger partial charge on any atom is 0.0420 e. The van der Waals surface area contributed by atoms with Crippen molar-refractivity contribution in [3.8, 4) is 0 Å². The molecule has 94 valence electrons. The standard InChI is InChI=1S/C14H21BrN2/c1-4-16-13(12-8-14(12,2)3)7-11-6-5-10(15)9-17-11/h5-6,9,12-13,16H,4,7-8H2,1-3H3. The number of nitrogens with one attached hydrogen (secondary N) is 1. The summed E-state index contributed by atoms with van der Waals surface area (Å²) in [5.74, 6) is 0.799. The molecule has 0 amide bonds. The third-order valence-corrected chi connectivity index (χ3v) is 4.23. The Balaban J connectivity index is 2.00. The fourth-order valence-electron chi connectivity index (χ4n) is 2.57. The second-order valence-electron chi connectivity index (χ2n) is 5.64. The molecule has 1 aliphatic rings. The Morgan fingerprint density at radius 3 is 2.71 bits per heavy atom. The minimum atomic E-state index is 0.516. The van der Waals surface area contributed by atoms with Gasteiger partial charge in [0.1, 0.15) is 0 Å². The highest BCUT2D eigenvalue weighted by atomic mass is 79.9. The van der Waals surface area contributed by atoms with E-state index in [0.717, 1.165) is 23.4 Å². The molecule has 0 radical (unpaired) electrons. The summed E-state index contributed by atoms with van der Waals surface area (Å²) in [6, 6.07) is 4.76. The van der Waals surface area contributed by atoms with Gasteiger partial charge >= 0.3 is 0 Å². The van der Waals surface area contributed by atoms with Crippen molar-refractivity contribution in [2.75, 3.05) is 6.54 Å². The van der Waals surface area contributed by atoms with Crippen LogP contribution in [0.3, 0.4) is 0 Å². The number of nitrogens with zero attached hydrogens (tertiary/aromatic N) is 1. The van der Waals surface area contributed by atoms with Crippen LogP contribution in [0.1, 0.15) is 32.9 Å². The lowest BCUT2D eigenvalue weighted by molar-refractivity contribution is 0.407. The van der Waals surface area contributed by atoms with Gasteiger partial charge in [-0.1, -0.05) is 20.8 Å². The molecular weight excluding hydrogens is 276 g/mol. The van der Waals surface area contributed by atoms with Crippen molar-refractivity contribution in [3.05, 3.63) is 28.5 Å². The highest BCUT2D eigenvalue weighted by Gasteiger charge is 2.49. The Labute approximate surface area is 112 Å². The first kappa shape index (κ1) is 13.0. The number of aromatic nitrogens is 1. The highest BCUT2D eigenvalue weighted by molar-refractivity contribution is 9.10. The van der Waals surface area contributed by atoms with Gasteiger partial charge in [0.05, 0.1) is 0 Å². The molecule has 3 heteroatoms. The number of likely N-dealkylation sites (N-methyl/N-ethyl adjacent to an activating group) is 1. The van der Waals surface area contributed by atoms with E-state index in [-0.39, 0.29) is 0 Å². The SMILES string of the molecule is CCNC(Cc1ccc(Br)cn1)C1CC1(C)C. The van der Waals surface area contributed by atoms with Crippen LogP contribution in [-0.4, -0.2) is 17.6 Å². The van der Waals surface area contributed by atoms with Crippen molar-refractivity contribution in [3.63, 3.8) is 0 Å². The van der Waals surface area contributed by atoms with Gasteiger partial charge in [-0.2, -0.15) is 0 Å². The van der Waals surface area contributed by atoms with E-state index in [4.69, 9.17) is 0 Å². The van der Waals surface area contributed by atoms with E-state index < -0.39 is 0 Å². The zero-order valence-corrected chi connectivity index (χ0v) is 12.4. The fraction of sp³-hybridized carbons (Fsp3) is 0.643. The van der Waals surface area contributed by atoms with Crippen LogP contribution in [0, 0.1) is 11.3 Å². The lowest BCUT2D eigenvalue weighted by atomic mass is 9.99. The molecule has 2 nitrogen and oxygen atoms in total. The van der Waals surface area contributed by atoms with Crippen molar-refractivity contribution in [1.29, 1.82) is 0 Å². The topological polar surface area (TPSA) is 24.9 Å². The molecule has 2 atom stereocenters. The van der Waals surface area contributed by atoms with Crippen LogP contribution >= 0.6 is 15.9 Å². The third kappa shape index (κ3) is 3.29. The first-order valence-electron chi connectivity index (χ1n) is 6.37. The zero-order chi connectivity index (χ0) is 12.5. The van der Waals surface area contributed by atoms with Crippen molar-refractivity contribution in [2.45, 2.75) is 39.7 Å². The molecule has 1 aromatic rings. The smallest absolute Gasteiger partial charge is 0.0420 e. The van der Waals surface area contributed by atoms with E-state index in [9.17, 15) is 0 Å². The normalized spacial score (nSPS) is 23.4. The largest absolute Gasteiger partial charge is 0.314 e. The minimum Gasteiger partial charge on any atom is -0.314 e. The van der Waals surface area contributed by atoms with Crippen LogP contribution in [-0.2, 0) is 6.42 Å². The maximum absolute atomic E-state index is 4.47. The first-order valence-corrected chi connectivity index (χ1v) is 7.16. The minimum absolute atomic E-state index is 0.516. The summed E-state index contributed by atoms with van der Waals surface area (Å²) < 4.78 is 1.05. The van der Waals surface area contributed by atoms with Crippen LogP contribution < -0.4 is 5.32 Å². The summed E-state index contributed by atoms with van der Waals surface area (Å²) in [5, 5.41) is 3.61. The van der Waals surface area contributed by atoms with Crippen LogP contribution in [0.4, 0.5) is 0 Å². The molecule has 1 aliphatic carbocycles. The Kier molecular flexibility index (Phi) is 3.88. The molecule has 17 heavy (non-hydrogen) atoms. The number of halogens is 1. The van der Waals surface area contributed by atoms with Crippen LogP contribution in [0.25, 0.3) is 0 Å². The second-order valence-corrected chi connectivity index (χ2v) is 6.55. The van der Waals surface area contributed by atoms with Gasteiger partial charge in [0, 0.05) is 28.8 Å². The van der Waals surface area contributed by atoms with Crippen molar-refractivity contribution >= 4 is 15.9 Å². The molecule has 0 aliphatic heterocycles. The maximum atomic E-state index is 4.47. The first-order chi connectivity index (χ1) is 8.03. The molecule has 1 N–H and O–H groups in total. The lowest BCUT2D eigenvalue weighted by Crippen LogP contribution is -2.34. The molecule has 2 rings (SSSR count). The summed E-state index contributed by atoms with van der Waals surface area (Å²) in [4.78, 5) is 4.47. The Bertz CT molecular complexity index is 372. The van der Waals surface area contributed by atoms with Gasteiger partial charge in [-0.3, -0.25) is 4.98 Å². The molecule has 1 heterocycles. The van der Waals surface area contributed by atoms with Gasteiger partial charge < -0.3 is 5.32 Å².